The van der Waals surface area contributed by atoms with Crippen molar-refractivity contribution in [2.45, 2.75) is 25.3 Å². The Morgan fingerprint density at radius 2 is 2.00 bits per heavy atom. The molecule has 0 aromatic heterocycles. The number of methoxy groups -OCH3 is 1. The lowest BCUT2D eigenvalue weighted by Gasteiger charge is -2.35. The van der Waals surface area contributed by atoms with Crippen LogP contribution in [0.5, 0.6) is 0 Å². The highest BCUT2D eigenvalue weighted by atomic mass is 16.5. The van der Waals surface area contributed by atoms with Crippen LogP contribution < -0.4 is 5.73 Å². The predicted molar refractivity (Wildman–Crippen MR) is 65.5 cm³/mol. The molecule has 2 N–H and O–H groups in total. The van der Waals surface area contributed by atoms with Gasteiger partial charge < -0.3 is 20.1 Å². The molecule has 0 radical (unpaired) electrons. The van der Waals surface area contributed by atoms with E-state index in [1.165, 1.54) is 12.8 Å². The molecule has 4 heteroatoms. The second kappa shape index (κ2) is 8.01. The van der Waals surface area contributed by atoms with Crippen molar-refractivity contribution in [3.63, 3.8) is 0 Å². The topological polar surface area (TPSA) is 47.7 Å². The first-order valence-corrected chi connectivity index (χ1v) is 6.23. The Kier molecular flexibility index (Phi) is 6.96. The Balaban J connectivity index is 1.84. The molecule has 0 amide bonds. The van der Waals surface area contributed by atoms with Gasteiger partial charge in [-0.25, -0.2) is 0 Å². The first-order chi connectivity index (χ1) is 7.72. The van der Waals surface area contributed by atoms with E-state index in [1.54, 1.807) is 7.11 Å². The fraction of sp³-hybridized carbons (Fsp3) is 1.00. The third-order valence-corrected chi connectivity index (χ3v) is 3.10. The van der Waals surface area contributed by atoms with E-state index in [2.05, 4.69) is 11.9 Å². The summed E-state index contributed by atoms with van der Waals surface area (Å²) in [5, 5.41) is 0. The van der Waals surface area contributed by atoms with Gasteiger partial charge in [0.25, 0.3) is 0 Å². The molecule has 16 heavy (non-hydrogen) atoms. The predicted octanol–water partition coefficient (Wildman–Crippen LogP) is 0.709. The molecule has 0 heterocycles. The summed E-state index contributed by atoms with van der Waals surface area (Å²) in [6.45, 7) is 4.58. The first-order valence-electron chi connectivity index (χ1n) is 6.23. The van der Waals surface area contributed by atoms with Gasteiger partial charge in [0.2, 0.25) is 0 Å². The summed E-state index contributed by atoms with van der Waals surface area (Å²) in [7, 11) is 3.87. The Bertz CT molecular complexity index is 172. The van der Waals surface area contributed by atoms with Crippen molar-refractivity contribution in [1.29, 1.82) is 0 Å². The highest BCUT2D eigenvalue weighted by Crippen LogP contribution is 2.25. The maximum absolute atomic E-state index is 5.76. The summed E-state index contributed by atoms with van der Waals surface area (Å²) in [6, 6.07) is 0.462. The molecule has 0 atom stereocenters. The van der Waals surface area contributed by atoms with Crippen LogP contribution >= 0.6 is 0 Å². The van der Waals surface area contributed by atoms with Gasteiger partial charge in [0.15, 0.2) is 0 Å². The van der Waals surface area contributed by atoms with Crippen LogP contribution in [0.25, 0.3) is 0 Å². The van der Waals surface area contributed by atoms with Crippen molar-refractivity contribution in [2.24, 2.45) is 11.7 Å². The SMILES string of the molecule is COCCCOCCN(C)CC1CC(N)C1. The average molecular weight is 230 g/mol. The number of nitrogens with zero attached hydrogens (tertiary/aromatic N) is 1. The number of ether oxygens (including phenoxy) is 2. The van der Waals surface area contributed by atoms with E-state index in [4.69, 9.17) is 15.2 Å². The molecule has 1 fully saturated rings. The van der Waals surface area contributed by atoms with Crippen molar-refractivity contribution >= 4 is 0 Å². The van der Waals surface area contributed by atoms with Crippen LogP contribution in [0.2, 0.25) is 0 Å². The Morgan fingerprint density at radius 1 is 1.25 bits per heavy atom. The summed E-state index contributed by atoms with van der Waals surface area (Å²) in [5.74, 6) is 0.813. The number of hydrogen-bond acceptors (Lipinski definition) is 4. The summed E-state index contributed by atoms with van der Waals surface area (Å²) in [6.07, 6.45) is 3.37. The van der Waals surface area contributed by atoms with E-state index in [9.17, 15) is 0 Å². The minimum Gasteiger partial charge on any atom is -0.385 e. The Labute approximate surface area is 99.1 Å². The van der Waals surface area contributed by atoms with Gasteiger partial charge >= 0.3 is 0 Å². The van der Waals surface area contributed by atoms with Gasteiger partial charge in [-0.05, 0) is 32.2 Å². The molecular weight excluding hydrogens is 204 g/mol. The number of likely N-dealkylation sites (N-methyl/N-ethyl adjacent to an activating group) is 1. The minimum atomic E-state index is 0.462. The molecule has 0 aromatic carbocycles. The van der Waals surface area contributed by atoms with E-state index < -0.39 is 0 Å². The van der Waals surface area contributed by atoms with E-state index >= 15 is 0 Å². The molecule has 1 aliphatic carbocycles. The second-order valence-electron chi connectivity index (χ2n) is 4.82. The summed E-state index contributed by atoms with van der Waals surface area (Å²) < 4.78 is 10.5. The average Bonchev–Trinajstić information content (AvgIpc) is 2.21. The zero-order valence-electron chi connectivity index (χ0n) is 10.7. The summed E-state index contributed by atoms with van der Waals surface area (Å²) in [5.41, 5.74) is 5.76. The molecule has 0 aliphatic heterocycles. The fourth-order valence-corrected chi connectivity index (χ4v) is 2.10. The summed E-state index contributed by atoms with van der Waals surface area (Å²) >= 11 is 0. The smallest absolute Gasteiger partial charge is 0.0593 e. The Hall–Kier alpha value is -0.160. The van der Waals surface area contributed by atoms with E-state index in [0.717, 1.165) is 45.2 Å². The number of nitrogens with two attached hydrogens (primary N) is 1. The van der Waals surface area contributed by atoms with Crippen LogP contribution in [0.3, 0.4) is 0 Å². The van der Waals surface area contributed by atoms with Crippen LogP contribution in [0.1, 0.15) is 19.3 Å². The van der Waals surface area contributed by atoms with E-state index in [0.29, 0.717) is 6.04 Å². The third-order valence-electron chi connectivity index (χ3n) is 3.10. The van der Waals surface area contributed by atoms with Gasteiger partial charge in [-0.15, -0.1) is 0 Å². The van der Waals surface area contributed by atoms with E-state index in [1.807, 2.05) is 0 Å². The van der Waals surface area contributed by atoms with Crippen LogP contribution in [0, 0.1) is 5.92 Å². The largest absolute Gasteiger partial charge is 0.385 e. The first kappa shape index (κ1) is 13.9. The van der Waals surface area contributed by atoms with Gasteiger partial charge in [-0.2, -0.15) is 0 Å². The maximum Gasteiger partial charge on any atom is 0.0593 e. The fourth-order valence-electron chi connectivity index (χ4n) is 2.10. The molecule has 0 unspecified atom stereocenters. The van der Waals surface area contributed by atoms with Crippen LogP contribution in [0.4, 0.5) is 0 Å². The molecule has 0 spiro atoms. The van der Waals surface area contributed by atoms with Crippen LogP contribution in [-0.4, -0.2) is 58.0 Å². The zero-order valence-corrected chi connectivity index (χ0v) is 10.7. The van der Waals surface area contributed by atoms with Gasteiger partial charge in [-0.3, -0.25) is 0 Å². The molecule has 4 nitrogen and oxygen atoms in total. The number of rotatable bonds is 9. The third kappa shape index (κ3) is 5.80. The van der Waals surface area contributed by atoms with Gasteiger partial charge in [0.05, 0.1) is 6.61 Å². The van der Waals surface area contributed by atoms with Crippen molar-refractivity contribution in [3.8, 4) is 0 Å². The number of hydrogen-bond donors (Lipinski definition) is 1. The quantitative estimate of drug-likeness (QED) is 0.593. The summed E-state index contributed by atoms with van der Waals surface area (Å²) in [4.78, 5) is 2.34. The van der Waals surface area contributed by atoms with Crippen LogP contribution in [-0.2, 0) is 9.47 Å². The standard InChI is InChI=1S/C12H26N2O2/c1-14(10-11-8-12(13)9-11)4-7-16-6-3-5-15-2/h11-12H,3-10,13H2,1-2H3. The molecule has 1 saturated carbocycles. The highest BCUT2D eigenvalue weighted by Gasteiger charge is 2.26. The molecule has 0 saturated heterocycles. The normalized spacial score (nSPS) is 24.8. The molecule has 1 aliphatic rings. The zero-order chi connectivity index (χ0) is 11.8. The van der Waals surface area contributed by atoms with Crippen molar-refractivity contribution in [3.05, 3.63) is 0 Å². The van der Waals surface area contributed by atoms with Crippen molar-refractivity contribution in [1.82, 2.24) is 4.90 Å². The van der Waals surface area contributed by atoms with Gasteiger partial charge in [0, 0.05) is 39.5 Å². The second-order valence-corrected chi connectivity index (χ2v) is 4.82. The molecule has 0 bridgehead atoms. The van der Waals surface area contributed by atoms with Crippen molar-refractivity contribution in [2.75, 3.05) is 47.1 Å². The molecule has 0 aromatic rings. The molecular formula is C12H26N2O2. The molecule has 1 rings (SSSR count). The lowest BCUT2D eigenvalue weighted by atomic mass is 9.81. The highest BCUT2D eigenvalue weighted by molar-refractivity contribution is 4.83. The van der Waals surface area contributed by atoms with Crippen molar-refractivity contribution < 1.29 is 9.47 Å². The lowest BCUT2D eigenvalue weighted by Crippen LogP contribution is -2.42. The van der Waals surface area contributed by atoms with Gasteiger partial charge in [0.1, 0.15) is 0 Å². The minimum absolute atomic E-state index is 0.462. The monoisotopic (exact) mass is 230 g/mol. The maximum atomic E-state index is 5.76. The molecule has 96 valence electrons. The Morgan fingerprint density at radius 3 is 2.62 bits per heavy atom. The van der Waals surface area contributed by atoms with Crippen LogP contribution in [0.15, 0.2) is 0 Å². The van der Waals surface area contributed by atoms with Gasteiger partial charge in [-0.1, -0.05) is 0 Å². The lowest BCUT2D eigenvalue weighted by molar-refractivity contribution is 0.0805. The van der Waals surface area contributed by atoms with E-state index in [-0.39, 0.29) is 0 Å².